The Balaban J connectivity index is 2.44. The van der Waals surface area contributed by atoms with Crippen LogP contribution >= 0.6 is 15.9 Å². The number of hydrogen-bond acceptors (Lipinski definition) is 5. The summed E-state index contributed by atoms with van der Waals surface area (Å²) >= 11 is 3.17. The lowest BCUT2D eigenvalue weighted by Crippen LogP contribution is -2.16. The number of nitrogens with one attached hydrogen (secondary N) is 1. The summed E-state index contributed by atoms with van der Waals surface area (Å²) in [6.07, 6.45) is 4.51. The molecule has 0 aliphatic carbocycles. The summed E-state index contributed by atoms with van der Waals surface area (Å²) in [5, 5.41) is 0. The Morgan fingerprint density at radius 2 is 2.11 bits per heavy atom. The number of aromatic nitrogens is 2. The van der Waals surface area contributed by atoms with E-state index in [-0.39, 0.29) is 10.7 Å². The van der Waals surface area contributed by atoms with Gasteiger partial charge in [-0.05, 0) is 40.5 Å². The standard InChI is InChI=1S/C11H11BrN4O2S/c1-7-5-14-3-2-9(7)16-19(17,18)10-4-8(12)6-15-11(10)13/h2-6H,1H3,(H2,13,15)(H,14,16). The van der Waals surface area contributed by atoms with Gasteiger partial charge in [0, 0.05) is 23.1 Å². The maximum absolute atomic E-state index is 12.3. The van der Waals surface area contributed by atoms with Crippen LogP contribution in [-0.2, 0) is 10.0 Å². The first-order valence-corrected chi connectivity index (χ1v) is 7.52. The molecular weight excluding hydrogens is 332 g/mol. The van der Waals surface area contributed by atoms with Crippen molar-refractivity contribution in [2.75, 3.05) is 10.5 Å². The lowest BCUT2D eigenvalue weighted by Gasteiger charge is -2.11. The smallest absolute Gasteiger partial charge is 0.265 e. The second-order valence-electron chi connectivity index (χ2n) is 3.83. The molecule has 3 N–H and O–H groups in total. The van der Waals surface area contributed by atoms with Crippen LogP contribution in [0.5, 0.6) is 0 Å². The molecule has 0 saturated heterocycles. The van der Waals surface area contributed by atoms with Crippen molar-refractivity contribution in [1.82, 2.24) is 9.97 Å². The van der Waals surface area contributed by atoms with Crippen LogP contribution in [0, 0.1) is 6.92 Å². The van der Waals surface area contributed by atoms with Crippen molar-refractivity contribution in [2.24, 2.45) is 0 Å². The molecule has 0 saturated carbocycles. The van der Waals surface area contributed by atoms with Crippen molar-refractivity contribution in [3.8, 4) is 0 Å². The van der Waals surface area contributed by atoms with Gasteiger partial charge in [0.25, 0.3) is 10.0 Å². The van der Waals surface area contributed by atoms with Gasteiger partial charge in [-0.15, -0.1) is 0 Å². The van der Waals surface area contributed by atoms with E-state index in [4.69, 9.17) is 5.73 Å². The van der Waals surface area contributed by atoms with E-state index in [2.05, 4.69) is 30.6 Å². The Morgan fingerprint density at radius 3 is 2.79 bits per heavy atom. The van der Waals surface area contributed by atoms with Crippen LogP contribution in [0.25, 0.3) is 0 Å². The minimum Gasteiger partial charge on any atom is -0.383 e. The summed E-state index contributed by atoms with van der Waals surface area (Å²) in [4.78, 5) is 7.64. The fraction of sp³-hybridized carbons (Fsp3) is 0.0909. The predicted molar refractivity (Wildman–Crippen MR) is 76.1 cm³/mol. The van der Waals surface area contributed by atoms with Gasteiger partial charge in [0.1, 0.15) is 10.7 Å². The zero-order chi connectivity index (χ0) is 14.0. The molecule has 2 heterocycles. The largest absolute Gasteiger partial charge is 0.383 e. The van der Waals surface area contributed by atoms with E-state index in [9.17, 15) is 8.42 Å². The third-order valence-electron chi connectivity index (χ3n) is 2.40. The lowest BCUT2D eigenvalue weighted by molar-refractivity contribution is 0.601. The fourth-order valence-corrected chi connectivity index (χ4v) is 3.16. The molecule has 0 aliphatic rings. The molecule has 8 heteroatoms. The highest BCUT2D eigenvalue weighted by Gasteiger charge is 2.19. The number of nitrogen functional groups attached to an aromatic ring is 1. The average Bonchev–Trinajstić information content (AvgIpc) is 2.35. The first-order valence-electron chi connectivity index (χ1n) is 5.24. The van der Waals surface area contributed by atoms with Crippen molar-refractivity contribution >= 4 is 37.5 Å². The summed E-state index contributed by atoms with van der Waals surface area (Å²) in [7, 11) is -3.78. The molecule has 0 fully saturated rings. The molecule has 0 radical (unpaired) electrons. The number of aryl methyl sites for hydroxylation is 1. The van der Waals surface area contributed by atoms with Gasteiger partial charge in [0.05, 0.1) is 5.69 Å². The summed E-state index contributed by atoms with van der Waals surface area (Å²) in [6.45, 7) is 1.76. The van der Waals surface area contributed by atoms with Crippen LogP contribution in [-0.4, -0.2) is 18.4 Å². The average molecular weight is 343 g/mol. The van der Waals surface area contributed by atoms with Gasteiger partial charge in [-0.3, -0.25) is 9.71 Å². The fourth-order valence-electron chi connectivity index (χ4n) is 1.43. The zero-order valence-electron chi connectivity index (χ0n) is 9.96. The summed E-state index contributed by atoms with van der Waals surface area (Å²) in [5.41, 5.74) is 6.77. The molecule has 0 aliphatic heterocycles. The van der Waals surface area contributed by atoms with Crippen molar-refractivity contribution in [3.63, 3.8) is 0 Å². The Kier molecular flexibility index (Phi) is 3.72. The van der Waals surface area contributed by atoms with Crippen LogP contribution in [0.1, 0.15) is 5.56 Å². The predicted octanol–water partition coefficient (Wildman–Crippen LogP) is 1.93. The molecule has 2 aromatic heterocycles. The summed E-state index contributed by atoms with van der Waals surface area (Å²) in [6, 6.07) is 2.98. The molecular formula is C11H11BrN4O2S. The topological polar surface area (TPSA) is 98.0 Å². The van der Waals surface area contributed by atoms with E-state index >= 15 is 0 Å². The minimum absolute atomic E-state index is 0.0533. The molecule has 0 aromatic carbocycles. The van der Waals surface area contributed by atoms with Crippen LogP contribution in [0.3, 0.4) is 0 Å². The zero-order valence-corrected chi connectivity index (χ0v) is 12.4. The number of halogens is 1. The molecule has 0 spiro atoms. The van der Waals surface area contributed by atoms with Gasteiger partial charge in [0.2, 0.25) is 0 Å². The highest BCUT2D eigenvalue weighted by atomic mass is 79.9. The first kappa shape index (κ1) is 13.8. The Hall–Kier alpha value is -1.67. The molecule has 0 bridgehead atoms. The SMILES string of the molecule is Cc1cnccc1NS(=O)(=O)c1cc(Br)cnc1N. The Morgan fingerprint density at radius 1 is 1.37 bits per heavy atom. The van der Waals surface area contributed by atoms with Crippen LogP contribution < -0.4 is 10.5 Å². The Labute approximate surface area is 119 Å². The lowest BCUT2D eigenvalue weighted by atomic mass is 10.3. The number of sulfonamides is 1. The van der Waals surface area contributed by atoms with E-state index in [0.717, 1.165) is 0 Å². The minimum atomic E-state index is -3.78. The van der Waals surface area contributed by atoms with E-state index < -0.39 is 10.0 Å². The molecule has 19 heavy (non-hydrogen) atoms. The number of anilines is 2. The van der Waals surface area contributed by atoms with E-state index in [1.807, 2.05) is 0 Å². The van der Waals surface area contributed by atoms with Gasteiger partial charge >= 0.3 is 0 Å². The number of nitrogens with two attached hydrogens (primary N) is 1. The van der Waals surface area contributed by atoms with E-state index in [0.29, 0.717) is 15.7 Å². The van der Waals surface area contributed by atoms with Gasteiger partial charge in [-0.25, -0.2) is 13.4 Å². The van der Waals surface area contributed by atoms with Crippen molar-refractivity contribution < 1.29 is 8.42 Å². The van der Waals surface area contributed by atoms with Crippen LogP contribution in [0.2, 0.25) is 0 Å². The number of hydrogen-bond donors (Lipinski definition) is 2. The maximum Gasteiger partial charge on any atom is 0.265 e. The van der Waals surface area contributed by atoms with E-state index in [1.54, 1.807) is 19.2 Å². The molecule has 0 amide bonds. The third-order valence-corrected chi connectivity index (χ3v) is 4.23. The number of nitrogens with zero attached hydrogens (tertiary/aromatic N) is 2. The van der Waals surface area contributed by atoms with Gasteiger partial charge < -0.3 is 5.73 Å². The Bertz CT molecular complexity index is 718. The van der Waals surface area contributed by atoms with Crippen molar-refractivity contribution in [3.05, 3.63) is 40.8 Å². The van der Waals surface area contributed by atoms with Crippen LogP contribution in [0.15, 0.2) is 40.1 Å². The van der Waals surface area contributed by atoms with Crippen molar-refractivity contribution in [1.29, 1.82) is 0 Å². The highest BCUT2D eigenvalue weighted by molar-refractivity contribution is 9.10. The number of pyridine rings is 2. The second kappa shape index (κ2) is 5.14. The molecule has 0 unspecified atom stereocenters. The van der Waals surface area contributed by atoms with Crippen molar-refractivity contribution in [2.45, 2.75) is 11.8 Å². The van der Waals surface area contributed by atoms with Gasteiger partial charge in [-0.1, -0.05) is 0 Å². The monoisotopic (exact) mass is 342 g/mol. The maximum atomic E-state index is 12.3. The van der Waals surface area contributed by atoms with Crippen LogP contribution in [0.4, 0.5) is 11.5 Å². The second-order valence-corrected chi connectivity index (χ2v) is 6.40. The summed E-state index contributed by atoms with van der Waals surface area (Å²) in [5.74, 6) is -0.0533. The first-order chi connectivity index (χ1) is 8.90. The molecule has 2 rings (SSSR count). The molecule has 0 atom stereocenters. The highest BCUT2D eigenvalue weighted by Crippen LogP contribution is 2.24. The summed E-state index contributed by atoms with van der Waals surface area (Å²) < 4.78 is 27.5. The van der Waals surface area contributed by atoms with Gasteiger partial charge in [-0.2, -0.15) is 0 Å². The molecule has 6 nitrogen and oxygen atoms in total. The molecule has 100 valence electrons. The normalized spacial score (nSPS) is 11.3. The van der Waals surface area contributed by atoms with E-state index in [1.165, 1.54) is 18.5 Å². The molecule has 2 aromatic rings. The quantitative estimate of drug-likeness (QED) is 0.887. The van der Waals surface area contributed by atoms with Gasteiger partial charge in [0.15, 0.2) is 0 Å². The number of rotatable bonds is 3. The third kappa shape index (κ3) is 3.02.